The molecule has 1 aromatic rings. The summed E-state index contributed by atoms with van der Waals surface area (Å²) in [5.41, 5.74) is 0.767. The maximum atomic E-state index is 12.2. The molecule has 2 rings (SSSR count). The van der Waals surface area contributed by atoms with Crippen LogP contribution in [0.3, 0.4) is 0 Å². The number of nitrogens with zero attached hydrogens (tertiary/aromatic N) is 1. The summed E-state index contributed by atoms with van der Waals surface area (Å²) in [6.07, 6.45) is 0.943. The van der Waals surface area contributed by atoms with Gasteiger partial charge in [0, 0.05) is 12.1 Å². The van der Waals surface area contributed by atoms with Gasteiger partial charge in [-0.25, -0.2) is 0 Å². The van der Waals surface area contributed by atoms with Crippen LogP contribution in [-0.4, -0.2) is 36.6 Å². The van der Waals surface area contributed by atoms with E-state index in [-0.39, 0.29) is 11.9 Å². The molecule has 16 heavy (non-hydrogen) atoms. The molecular formula is C13H17NO2. The van der Waals surface area contributed by atoms with Gasteiger partial charge >= 0.3 is 0 Å². The summed E-state index contributed by atoms with van der Waals surface area (Å²) in [6.45, 7) is 4.10. The number of hydrogen-bond acceptors (Lipinski definition) is 2. The van der Waals surface area contributed by atoms with E-state index in [1.807, 2.05) is 35.2 Å². The topological polar surface area (TPSA) is 29.5 Å². The van der Waals surface area contributed by atoms with Crippen LogP contribution in [0.4, 0.5) is 0 Å². The molecule has 1 atom stereocenters. The van der Waals surface area contributed by atoms with Crippen molar-refractivity contribution in [1.82, 2.24) is 4.90 Å². The lowest BCUT2D eigenvalue weighted by Gasteiger charge is -2.35. The summed E-state index contributed by atoms with van der Waals surface area (Å²) >= 11 is 0. The Morgan fingerprint density at radius 3 is 2.88 bits per heavy atom. The number of hydrogen-bond donors (Lipinski definition) is 0. The van der Waals surface area contributed by atoms with Gasteiger partial charge in [-0.3, -0.25) is 4.79 Å². The minimum Gasteiger partial charge on any atom is -0.377 e. The van der Waals surface area contributed by atoms with Crippen molar-refractivity contribution in [2.45, 2.75) is 19.4 Å². The summed E-state index contributed by atoms with van der Waals surface area (Å²) in [7, 11) is 0. The van der Waals surface area contributed by atoms with E-state index in [0.717, 1.165) is 12.0 Å². The third-order valence-corrected chi connectivity index (χ3v) is 2.98. The molecule has 0 radical (unpaired) electrons. The fourth-order valence-corrected chi connectivity index (χ4v) is 2.01. The summed E-state index contributed by atoms with van der Waals surface area (Å²) < 4.78 is 5.40. The molecule has 0 saturated carbocycles. The van der Waals surface area contributed by atoms with Crippen molar-refractivity contribution in [1.29, 1.82) is 0 Å². The van der Waals surface area contributed by atoms with Gasteiger partial charge in [-0.1, -0.05) is 25.1 Å². The number of morpholine rings is 1. The van der Waals surface area contributed by atoms with Crippen LogP contribution in [0.5, 0.6) is 0 Å². The molecule has 1 saturated heterocycles. The molecule has 1 aliphatic rings. The maximum Gasteiger partial charge on any atom is 0.254 e. The van der Waals surface area contributed by atoms with Crippen molar-refractivity contribution in [3.8, 4) is 0 Å². The molecule has 3 nitrogen and oxygen atoms in total. The van der Waals surface area contributed by atoms with Crippen LogP contribution < -0.4 is 0 Å². The van der Waals surface area contributed by atoms with Gasteiger partial charge in [-0.05, 0) is 18.6 Å². The van der Waals surface area contributed by atoms with E-state index in [9.17, 15) is 4.79 Å². The van der Waals surface area contributed by atoms with E-state index >= 15 is 0 Å². The molecule has 1 amide bonds. The van der Waals surface area contributed by atoms with Crippen molar-refractivity contribution in [2.24, 2.45) is 0 Å². The molecule has 3 heteroatoms. The molecule has 86 valence electrons. The Bertz CT molecular complexity index is 350. The number of carbonyl (C=O) groups is 1. The minimum absolute atomic E-state index is 0.121. The number of rotatable bonds is 2. The van der Waals surface area contributed by atoms with Crippen LogP contribution >= 0.6 is 0 Å². The first-order valence-electron chi connectivity index (χ1n) is 5.76. The highest BCUT2D eigenvalue weighted by molar-refractivity contribution is 5.94. The van der Waals surface area contributed by atoms with Crippen LogP contribution in [0.2, 0.25) is 0 Å². The smallest absolute Gasteiger partial charge is 0.254 e. The molecule has 0 aromatic heterocycles. The molecule has 0 spiro atoms. The Morgan fingerprint density at radius 2 is 2.19 bits per heavy atom. The second kappa shape index (κ2) is 5.12. The van der Waals surface area contributed by atoms with Gasteiger partial charge in [0.1, 0.15) is 0 Å². The van der Waals surface area contributed by atoms with Crippen LogP contribution in [0.25, 0.3) is 0 Å². The largest absolute Gasteiger partial charge is 0.377 e. The van der Waals surface area contributed by atoms with E-state index in [4.69, 9.17) is 4.74 Å². The molecule has 1 aromatic carbocycles. The van der Waals surface area contributed by atoms with Crippen molar-refractivity contribution in [3.63, 3.8) is 0 Å². The van der Waals surface area contributed by atoms with Gasteiger partial charge in [0.15, 0.2) is 0 Å². The number of benzene rings is 1. The quantitative estimate of drug-likeness (QED) is 0.760. The van der Waals surface area contributed by atoms with Gasteiger partial charge in [-0.2, -0.15) is 0 Å². The number of ether oxygens (including phenoxy) is 1. The average Bonchev–Trinajstić information content (AvgIpc) is 2.39. The first kappa shape index (κ1) is 11.1. The molecular weight excluding hydrogens is 202 g/mol. The van der Waals surface area contributed by atoms with Crippen LogP contribution in [0.1, 0.15) is 23.7 Å². The lowest BCUT2D eigenvalue weighted by molar-refractivity contribution is -0.00279. The molecule has 1 heterocycles. The summed E-state index contributed by atoms with van der Waals surface area (Å²) in [6, 6.07) is 9.67. The maximum absolute atomic E-state index is 12.2. The SMILES string of the molecule is CCC1COCCN1C(=O)c1ccccc1. The monoisotopic (exact) mass is 219 g/mol. The number of amides is 1. The molecule has 0 N–H and O–H groups in total. The second-order valence-corrected chi connectivity index (χ2v) is 4.00. The Balaban J connectivity index is 2.14. The van der Waals surface area contributed by atoms with E-state index in [0.29, 0.717) is 19.8 Å². The third kappa shape index (κ3) is 2.25. The summed E-state index contributed by atoms with van der Waals surface area (Å²) in [5, 5.41) is 0. The zero-order chi connectivity index (χ0) is 11.4. The third-order valence-electron chi connectivity index (χ3n) is 2.98. The van der Waals surface area contributed by atoms with E-state index in [2.05, 4.69) is 6.92 Å². The molecule has 1 fully saturated rings. The number of carbonyl (C=O) groups excluding carboxylic acids is 1. The highest BCUT2D eigenvalue weighted by Gasteiger charge is 2.26. The van der Waals surface area contributed by atoms with Crippen LogP contribution in [0.15, 0.2) is 30.3 Å². The zero-order valence-electron chi connectivity index (χ0n) is 9.56. The molecule has 1 unspecified atom stereocenters. The normalized spacial score (nSPS) is 20.8. The van der Waals surface area contributed by atoms with Gasteiger partial charge in [-0.15, -0.1) is 0 Å². The highest BCUT2D eigenvalue weighted by Crippen LogP contribution is 2.14. The van der Waals surface area contributed by atoms with Crippen molar-refractivity contribution < 1.29 is 9.53 Å². The predicted octanol–water partition coefficient (Wildman–Crippen LogP) is 1.94. The minimum atomic E-state index is 0.121. The van der Waals surface area contributed by atoms with Crippen molar-refractivity contribution >= 4 is 5.91 Å². The molecule has 1 aliphatic heterocycles. The predicted molar refractivity (Wildman–Crippen MR) is 62.4 cm³/mol. The Kier molecular flexibility index (Phi) is 3.57. The fraction of sp³-hybridized carbons (Fsp3) is 0.462. The lowest BCUT2D eigenvalue weighted by atomic mass is 10.1. The van der Waals surface area contributed by atoms with Crippen molar-refractivity contribution in [3.05, 3.63) is 35.9 Å². The summed E-state index contributed by atoms with van der Waals surface area (Å²) in [5.74, 6) is 0.121. The van der Waals surface area contributed by atoms with Crippen molar-refractivity contribution in [2.75, 3.05) is 19.8 Å². The summed E-state index contributed by atoms with van der Waals surface area (Å²) in [4.78, 5) is 14.2. The lowest BCUT2D eigenvalue weighted by Crippen LogP contribution is -2.48. The first-order valence-corrected chi connectivity index (χ1v) is 5.76. The Morgan fingerprint density at radius 1 is 1.44 bits per heavy atom. The average molecular weight is 219 g/mol. The fourth-order valence-electron chi connectivity index (χ4n) is 2.01. The standard InChI is InChI=1S/C13H17NO2/c1-2-12-10-16-9-8-14(12)13(15)11-6-4-3-5-7-11/h3-7,12H,2,8-10H2,1H3. The zero-order valence-corrected chi connectivity index (χ0v) is 9.56. The van der Waals surface area contributed by atoms with Crippen LogP contribution in [-0.2, 0) is 4.74 Å². The Hall–Kier alpha value is -1.35. The van der Waals surface area contributed by atoms with E-state index < -0.39 is 0 Å². The molecule has 0 bridgehead atoms. The van der Waals surface area contributed by atoms with Gasteiger partial charge in [0.05, 0.1) is 19.3 Å². The first-order chi connectivity index (χ1) is 7.83. The van der Waals surface area contributed by atoms with Gasteiger partial charge in [0.25, 0.3) is 5.91 Å². The van der Waals surface area contributed by atoms with E-state index in [1.165, 1.54) is 0 Å². The van der Waals surface area contributed by atoms with E-state index in [1.54, 1.807) is 0 Å². The second-order valence-electron chi connectivity index (χ2n) is 4.00. The highest BCUT2D eigenvalue weighted by atomic mass is 16.5. The Labute approximate surface area is 96.0 Å². The van der Waals surface area contributed by atoms with Crippen LogP contribution in [0, 0.1) is 0 Å². The van der Waals surface area contributed by atoms with Gasteiger partial charge in [0.2, 0.25) is 0 Å². The van der Waals surface area contributed by atoms with Gasteiger partial charge < -0.3 is 9.64 Å². The molecule has 0 aliphatic carbocycles.